The summed E-state index contributed by atoms with van der Waals surface area (Å²) in [7, 11) is 0. The molecule has 0 radical (unpaired) electrons. The minimum absolute atomic E-state index is 0.287. The fourth-order valence-electron chi connectivity index (χ4n) is 1.31. The average Bonchev–Trinajstić information content (AvgIpc) is 2.56. The summed E-state index contributed by atoms with van der Waals surface area (Å²) in [6, 6.07) is 22.2. The van der Waals surface area contributed by atoms with E-state index in [1.165, 1.54) is 5.56 Å². The standard InChI is InChI=1S/C9H12O.C6H6.C3H8O/c10-8-4-7-9-5-2-1-3-6-9;1-2-4-6-5-3-1;1-2-3-4/h1-3,5-6,10H,4,7-8H2;1-6H;4H,2-3H2,1H3. The van der Waals surface area contributed by atoms with E-state index in [2.05, 4.69) is 12.1 Å². The number of aliphatic hydroxyl groups is 2. The lowest BCUT2D eigenvalue weighted by molar-refractivity contribution is 0.288. The number of aliphatic hydroxyl groups excluding tert-OH is 2. The van der Waals surface area contributed by atoms with E-state index < -0.39 is 0 Å². The van der Waals surface area contributed by atoms with E-state index >= 15 is 0 Å². The molecule has 2 N–H and O–H groups in total. The molecular formula is C18H26O2. The van der Waals surface area contributed by atoms with Crippen LogP contribution in [0.3, 0.4) is 0 Å². The second kappa shape index (κ2) is 15.4. The van der Waals surface area contributed by atoms with Gasteiger partial charge in [0.05, 0.1) is 0 Å². The molecule has 0 bridgehead atoms. The second-order valence-electron chi connectivity index (χ2n) is 4.19. The molecular weight excluding hydrogens is 248 g/mol. The van der Waals surface area contributed by atoms with Gasteiger partial charge in [-0.15, -0.1) is 0 Å². The smallest absolute Gasteiger partial charge is 0.0434 e. The monoisotopic (exact) mass is 274 g/mol. The van der Waals surface area contributed by atoms with E-state index in [1.807, 2.05) is 61.5 Å². The summed E-state index contributed by atoms with van der Waals surface area (Å²) in [6.07, 6.45) is 2.72. The molecule has 0 aliphatic rings. The molecule has 0 unspecified atom stereocenters. The predicted octanol–water partition coefficient (Wildman–Crippen LogP) is 3.69. The average molecular weight is 274 g/mol. The Kier molecular flexibility index (Phi) is 14.2. The van der Waals surface area contributed by atoms with Gasteiger partial charge in [0.15, 0.2) is 0 Å². The van der Waals surface area contributed by atoms with Crippen molar-refractivity contribution in [2.24, 2.45) is 0 Å². The van der Waals surface area contributed by atoms with Crippen LogP contribution in [0.2, 0.25) is 0 Å². The van der Waals surface area contributed by atoms with E-state index in [0.29, 0.717) is 6.61 Å². The molecule has 0 aliphatic carbocycles. The Bertz CT molecular complexity index is 344. The molecule has 110 valence electrons. The SMILES string of the molecule is CCCO.OCCCc1ccccc1.c1ccccc1. The largest absolute Gasteiger partial charge is 0.396 e. The molecule has 0 amide bonds. The Hall–Kier alpha value is -1.64. The van der Waals surface area contributed by atoms with Crippen LogP contribution < -0.4 is 0 Å². The van der Waals surface area contributed by atoms with Crippen LogP contribution in [0.4, 0.5) is 0 Å². The number of hydrogen-bond donors (Lipinski definition) is 2. The lowest BCUT2D eigenvalue weighted by atomic mass is 10.1. The molecule has 0 aromatic heterocycles. The zero-order valence-electron chi connectivity index (χ0n) is 12.3. The lowest BCUT2D eigenvalue weighted by Gasteiger charge is -1.96. The van der Waals surface area contributed by atoms with Crippen LogP contribution in [0.15, 0.2) is 66.7 Å². The maximum Gasteiger partial charge on any atom is 0.0434 e. The number of benzene rings is 2. The summed E-state index contributed by atoms with van der Waals surface area (Å²) in [6.45, 7) is 2.54. The first-order valence-corrected chi connectivity index (χ1v) is 7.10. The van der Waals surface area contributed by atoms with Crippen molar-refractivity contribution in [1.82, 2.24) is 0 Å². The summed E-state index contributed by atoms with van der Waals surface area (Å²) >= 11 is 0. The van der Waals surface area contributed by atoms with Gasteiger partial charge in [0.1, 0.15) is 0 Å². The molecule has 0 atom stereocenters. The van der Waals surface area contributed by atoms with E-state index in [1.54, 1.807) is 0 Å². The van der Waals surface area contributed by atoms with Gasteiger partial charge in [0, 0.05) is 13.2 Å². The Morgan fingerprint density at radius 1 is 0.700 bits per heavy atom. The Labute approximate surface area is 122 Å². The van der Waals surface area contributed by atoms with Crippen LogP contribution in [-0.2, 0) is 6.42 Å². The Morgan fingerprint density at radius 2 is 1.10 bits per heavy atom. The molecule has 0 spiro atoms. The Morgan fingerprint density at radius 3 is 1.45 bits per heavy atom. The summed E-state index contributed by atoms with van der Waals surface area (Å²) < 4.78 is 0. The molecule has 0 saturated carbocycles. The van der Waals surface area contributed by atoms with Gasteiger partial charge in [-0.3, -0.25) is 0 Å². The van der Waals surface area contributed by atoms with Gasteiger partial charge in [-0.1, -0.05) is 73.7 Å². The first kappa shape index (κ1) is 18.4. The third kappa shape index (κ3) is 12.8. The topological polar surface area (TPSA) is 40.5 Å². The maximum atomic E-state index is 8.53. The predicted molar refractivity (Wildman–Crippen MR) is 85.7 cm³/mol. The van der Waals surface area contributed by atoms with Gasteiger partial charge >= 0.3 is 0 Å². The molecule has 0 aliphatic heterocycles. The zero-order valence-corrected chi connectivity index (χ0v) is 12.3. The van der Waals surface area contributed by atoms with Gasteiger partial charge in [0.2, 0.25) is 0 Å². The molecule has 0 fully saturated rings. The van der Waals surface area contributed by atoms with E-state index in [9.17, 15) is 0 Å². The van der Waals surface area contributed by atoms with E-state index in [0.717, 1.165) is 19.3 Å². The van der Waals surface area contributed by atoms with E-state index in [4.69, 9.17) is 10.2 Å². The second-order valence-corrected chi connectivity index (χ2v) is 4.19. The van der Waals surface area contributed by atoms with Crippen LogP contribution >= 0.6 is 0 Å². The normalized spacial score (nSPS) is 8.75. The van der Waals surface area contributed by atoms with Gasteiger partial charge < -0.3 is 10.2 Å². The zero-order chi connectivity index (χ0) is 14.9. The van der Waals surface area contributed by atoms with Gasteiger partial charge in [-0.25, -0.2) is 0 Å². The van der Waals surface area contributed by atoms with Gasteiger partial charge in [0.25, 0.3) is 0 Å². The molecule has 0 saturated heterocycles. The van der Waals surface area contributed by atoms with Crippen molar-refractivity contribution in [3.8, 4) is 0 Å². The van der Waals surface area contributed by atoms with Crippen molar-refractivity contribution in [1.29, 1.82) is 0 Å². The fourth-order valence-corrected chi connectivity index (χ4v) is 1.31. The number of hydrogen-bond acceptors (Lipinski definition) is 2. The first-order valence-electron chi connectivity index (χ1n) is 7.10. The van der Waals surface area contributed by atoms with Crippen LogP contribution in [0.5, 0.6) is 0 Å². The fraction of sp³-hybridized carbons (Fsp3) is 0.333. The van der Waals surface area contributed by atoms with Crippen molar-refractivity contribution in [3.05, 3.63) is 72.3 Å². The minimum atomic E-state index is 0.287. The van der Waals surface area contributed by atoms with Crippen molar-refractivity contribution < 1.29 is 10.2 Å². The summed E-state index contributed by atoms with van der Waals surface area (Å²) in [4.78, 5) is 0. The van der Waals surface area contributed by atoms with Crippen molar-refractivity contribution in [2.75, 3.05) is 13.2 Å². The third-order valence-corrected chi connectivity index (χ3v) is 2.36. The number of rotatable bonds is 4. The third-order valence-electron chi connectivity index (χ3n) is 2.36. The first-order chi connectivity index (χ1) is 9.85. The van der Waals surface area contributed by atoms with Crippen molar-refractivity contribution >= 4 is 0 Å². The molecule has 2 rings (SSSR count). The maximum absolute atomic E-state index is 8.53. The highest BCUT2D eigenvalue weighted by molar-refractivity contribution is 5.14. The van der Waals surface area contributed by atoms with Crippen molar-refractivity contribution in [2.45, 2.75) is 26.2 Å². The van der Waals surface area contributed by atoms with Crippen LogP contribution in [-0.4, -0.2) is 23.4 Å². The minimum Gasteiger partial charge on any atom is -0.396 e. The highest BCUT2D eigenvalue weighted by atomic mass is 16.3. The highest BCUT2D eigenvalue weighted by Crippen LogP contribution is 2.00. The van der Waals surface area contributed by atoms with Gasteiger partial charge in [-0.2, -0.15) is 0 Å². The van der Waals surface area contributed by atoms with Crippen LogP contribution in [0.25, 0.3) is 0 Å². The molecule has 20 heavy (non-hydrogen) atoms. The van der Waals surface area contributed by atoms with Crippen LogP contribution in [0, 0.1) is 0 Å². The summed E-state index contributed by atoms with van der Waals surface area (Å²) in [5.41, 5.74) is 1.30. The number of aryl methyl sites for hydroxylation is 1. The van der Waals surface area contributed by atoms with Crippen LogP contribution in [0.1, 0.15) is 25.3 Å². The summed E-state index contributed by atoms with van der Waals surface area (Å²) in [5, 5.41) is 16.4. The van der Waals surface area contributed by atoms with E-state index in [-0.39, 0.29) is 6.61 Å². The molecule has 2 aromatic rings. The molecule has 2 heteroatoms. The lowest BCUT2D eigenvalue weighted by Crippen LogP contribution is -1.87. The summed E-state index contributed by atoms with van der Waals surface area (Å²) in [5.74, 6) is 0. The molecule has 2 nitrogen and oxygen atoms in total. The quantitative estimate of drug-likeness (QED) is 0.892. The highest BCUT2D eigenvalue weighted by Gasteiger charge is 1.88. The molecule has 0 heterocycles. The van der Waals surface area contributed by atoms with Crippen molar-refractivity contribution in [3.63, 3.8) is 0 Å². The Balaban J connectivity index is 0.000000307. The van der Waals surface area contributed by atoms with Gasteiger partial charge in [-0.05, 0) is 24.8 Å². The molecule has 2 aromatic carbocycles.